The molecule has 0 radical (unpaired) electrons. The molecule has 0 aliphatic carbocycles. The molecule has 1 atom stereocenters. The van der Waals surface area contributed by atoms with Crippen LogP contribution in [0.5, 0.6) is 0 Å². The first-order valence-electron chi connectivity index (χ1n) is 7.92. The van der Waals surface area contributed by atoms with Crippen LogP contribution in [0.4, 0.5) is 0 Å². The fourth-order valence-electron chi connectivity index (χ4n) is 2.66. The summed E-state index contributed by atoms with van der Waals surface area (Å²) in [6.07, 6.45) is 2.23. The quantitative estimate of drug-likeness (QED) is 0.717. The molecular formula is C15H29N3O3. The van der Waals surface area contributed by atoms with E-state index in [0.29, 0.717) is 39.1 Å². The Morgan fingerprint density at radius 1 is 1.33 bits per heavy atom. The lowest BCUT2D eigenvalue weighted by Crippen LogP contribution is -2.60. The largest absolute Gasteiger partial charge is 0.377 e. The first-order valence-corrected chi connectivity index (χ1v) is 7.92. The molecule has 0 bridgehead atoms. The third-order valence-electron chi connectivity index (χ3n) is 4.44. The van der Waals surface area contributed by atoms with Crippen molar-refractivity contribution in [2.45, 2.75) is 46.1 Å². The number of amides is 2. The Morgan fingerprint density at radius 2 is 2.00 bits per heavy atom. The lowest BCUT2D eigenvalue weighted by Gasteiger charge is -2.41. The number of carbonyl (C=O) groups is 2. The standard InChI is InChI=1S/C15H29N3O3/c1-4-7-17-13(19)12-10-21-9-8-18(12)14(20)15(5-2,6-3)11-16/h12H,4-11,16H2,1-3H3,(H,17,19). The lowest BCUT2D eigenvalue weighted by molar-refractivity contribution is -0.156. The Bertz CT molecular complexity index is 348. The first kappa shape index (κ1) is 17.9. The molecule has 122 valence electrons. The van der Waals surface area contributed by atoms with Crippen molar-refractivity contribution in [1.82, 2.24) is 10.2 Å². The Morgan fingerprint density at radius 3 is 2.52 bits per heavy atom. The van der Waals surface area contributed by atoms with Crippen LogP contribution in [0.3, 0.4) is 0 Å². The van der Waals surface area contributed by atoms with Gasteiger partial charge in [-0.3, -0.25) is 9.59 Å². The molecule has 1 aliphatic rings. The van der Waals surface area contributed by atoms with Crippen molar-refractivity contribution in [3.63, 3.8) is 0 Å². The Labute approximate surface area is 127 Å². The van der Waals surface area contributed by atoms with E-state index in [1.54, 1.807) is 4.90 Å². The van der Waals surface area contributed by atoms with Gasteiger partial charge in [0.05, 0.1) is 18.6 Å². The minimum atomic E-state index is -0.569. The minimum absolute atomic E-state index is 0.0186. The maximum absolute atomic E-state index is 12.9. The van der Waals surface area contributed by atoms with Crippen molar-refractivity contribution in [3.8, 4) is 0 Å². The van der Waals surface area contributed by atoms with E-state index < -0.39 is 11.5 Å². The van der Waals surface area contributed by atoms with Gasteiger partial charge in [0.2, 0.25) is 11.8 Å². The van der Waals surface area contributed by atoms with Crippen molar-refractivity contribution >= 4 is 11.8 Å². The third kappa shape index (κ3) is 3.95. The second-order valence-corrected chi connectivity index (χ2v) is 5.57. The zero-order chi connectivity index (χ0) is 15.9. The van der Waals surface area contributed by atoms with E-state index in [1.165, 1.54) is 0 Å². The van der Waals surface area contributed by atoms with Gasteiger partial charge in [-0.25, -0.2) is 0 Å². The fraction of sp³-hybridized carbons (Fsp3) is 0.867. The highest BCUT2D eigenvalue weighted by Crippen LogP contribution is 2.29. The molecule has 21 heavy (non-hydrogen) atoms. The van der Waals surface area contributed by atoms with Gasteiger partial charge in [0, 0.05) is 19.6 Å². The smallest absolute Gasteiger partial charge is 0.245 e. The Balaban J connectivity index is 2.89. The minimum Gasteiger partial charge on any atom is -0.377 e. The summed E-state index contributed by atoms with van der Waals surface area (Å²) in [5, 5.41) is 2.85. The highest BCUT2D eigenvalue weighted by molar-refractivity contribution is 5.90. The molecule has 1 saturated heterocycles. The first-order chi connectivity index (χ1) is 10.1. The second kappa shape index (κ2) is 8.34. The average molecular weight is 299 g/mol. The zero-order valence-corrected chi connectivity index (χ0v) is 13.5. The van der Waals surface area contributed by atoms with Crippen LogP contribution >= 0.6 is 0 Å². The van der Waals surface area contributed by atoms with Gasteiger partial charge in [-0.2, -0.15) is 0 Å². The SMILES string of the molecule is CCCNC(=O)C1COCCN1C(=O)C(CC)(CC)CN. The van der Waals surface area contributed by atoms with Gasteiger partial charge in [-0.05, 0) is 19.3 Å². The van der Waals surface area contributed by atoms with Crippen molar-refractivity contribution in [2.75, 3.05) is 32.8 Å². The molecule has 1 heterocycles. The van der Waals surface area contributed by atoms with Gasteiger partial charge in [-0.1, -0.05) is 20.8 Å². The molecule has 1 aliphatic heterocycles. The number of nitrogens with one attached hydrogen (secondary N) is 1. The number of hydrogen-bond acceptors (Lipinski definition) is 4. The van der Waals surface area contributed by atoms with Crippen LogP contribution in [0.25, 0.3) is 0 Å². The van der Waals surface area contributed by atoms with Crippen LogP contribution < -0.4 is 11.1 Å². The molecule has 6 nitrogen and oxygen atoms in total. The van der Waals surface area contributed by atoms with E-state index in [0.717, 1.165) is 6.42 Å². The van der Waals surface area contributed by atoms with Gasteiger partial charge in [0.1, 0.15) is 6.04 Å². The topological polar surface area (TPSA) is 84.7 Å². The molecule has 0 saturated carbocycles. The highest BCUT2D eigenvalue weighted by atomic mass is 16.5. The van der Waals surface area contributed by atoms with E-state index in [4.69, 9.17) is 10.5 Å². The number of morpholine rings is 1. The summed E-state index contributed by atoms with van der Waals surface area (Å²) in [5.74, 6) is -0.155. The summed E-state index contributed by atoms with van der Waals surface area (Å²) >= 11 is 0. The molecule has 1 unspecified atom stereocenters. The monoisotopic (exact) mass is 299 g/mol. The van der Waals surface area contributed by atoms with Crippen molar-refractivity contribution in [1.29, 1.82) is 0 Å². The van der Waals surface area contributed by atoms with Crippen molar-refractivity contribution in [3.05, 3.63) is 0 Å². The van der Waals surface area contributed by atoms with Crippen LogP contribution in [-0.2, 0) is 14.3 Å². The van der Waals surface area contributed by atoms with Gasteiger partial charge >= 0.3 is 0 Å². The molecule has 6 heteroatoms. The normalized spacial score (nSPS) is 19.4. The molecule has 0 aromatic rings. The molecule has 0 aromatic heterocycles. The second-order valence-electron chi connectivity index (χ2n) is 5.57. The van der Waals surface area contributed by atoms with E-state index in [1.807, 2.05) is 20.8 Å². The molecule has 1 rings (SSSR count). The number of nitrogens with zero attached hydrogens (tertiary/aromatic N) is 1. The summed E-state index contributed by atoms with van der Waals surface area (Å²) in [7, 11) is 0. The van der Waals surface area contributed by atoms with Crippen molar-refractivity contribution < 1.29 is 14.3 Å². The molecule has 3 N–H and O–H groups in total. The number of ether oxygens (including phenoxy) is 1. The van der Waals surface area contributed by atoms with Crippen LogP contribution in [-0.4, -0.2) is 55.6 Å². The van der Waals surface area contributed by atoms with E-state index in [-0.39, 0.29) is 18.4 Å². The van der Waals surface area contributed by atoms with Crippen LogP contribution in [0.2, 0.25) is 0 Å². The highest BCUT2D eigenvalue weighted by Gasteiger charge is 2.42. The molecule has 1 fully saturated rings. The van der Waals surface area contributed by atoms with Gasteiger partial charge in [-0.15, -0.1) is 0 Å². The van der Waals surface area contributed by atoms with Gasteiger partial charge in [0.25, 0.3) is 0 Å². The predicted octanol–water partition coefficient (Wildman–Crippen LogP) is 0.505. The van der Waals surface area contributed by atoms with Gasteiger partial charge in [0.15, 0.2) is 0 Å². The van der Waals surface area contributed by atoms with Crippen LogP contribution in [0.15, 0.2) is 0 Å². The molecular weight excluding hydrogens is 270 g/mol. The fourth-order valence-corrected chi connectivity index (χ4v) is 2.66. The Kier molecular flexibility index (Phi) is 7.11. The van der Waals surface area contributed by atoms with E-state index >= 15 is 0 Å². The van der Waals surface area contributed by atoms with E-state index in [9.17, 15) is 9.59 Å². The maximum atomic E-state index is 12.9. The number of nitrogens with two attached hydrogens (primary N) is 1. The average Bonchev–Trinajstić information content (AvgIpc) is 2.54. The zero-order valence-electron chi connectivity index (χ0n) is 13.5. The maximum Gasteiger partial charge on any atom is 0.245 e. The number of hydrogen-bond donors (Lipinski definition) is 2. The molecule has 2 amide bonds. The number of rotatable bonds is 7. The summed E-state index contributed by atoms with van der Waals surface area (Å²) in [4.78, 5) is 26.8. The molecule has 0 spiro atoms. The predicted molar refractivity (Wildman–Crippen MR) is 81.7 cm³/mol. The summed E-state index contributed by atoms with van der Waals surface area (Å²) in [6.45, 7) is 8.04. The van der Waals surface area contributed by atoms with E-state index in [2.05, 4.69) is 5.32 Å². The van der Waals surface area contributed by atoms with Crippen LogP contribution in [0.1, 0.15) is 40.0 Å². The van der Waals surface area contributed by atoms with Crippen LogP contribution in [0, 0.1) is 5.41 Å². The Hall–Kier alpha value is -1.14. The van der Waals surface area contributed by atoms with Crippen molar-refractivity contribution in [2.24, 2.45) is 11.1 Å². The number of carbonyl (C=O) groups excluding carboxylic acids is 2. The summed E-state index contributed by atoms with van der Waals surface area (Å²) in [6, 6.07) is -0.540. The third-order valence-corrected chi connectivity index (χ3v) is 4.44. The molecule has 0 aromatic carbocycles. The van der Waals surface area contributed by atoms with Gasteiger partial charge < -0.3 is 20.7 Å². The summed E-state index contributed by atoms with van der Waals surface area (Å²) < 4.78 is 5.39. The summed E-state index contributed by atoms with van der Waals surface area (Å²) in [5.41, 5.74) is 5.29. The lowest BCUT2D eigenvalue weighted by atomic mass is 9.80.